The molecule has 0 radical (unpaired) electrons. The van der Waals surface area contributed by atoms with Crippen molar-refractivity contribution in [2.45, 2.75) is 105 Å². The molecule has 0 spiro atoms. The molecule has 0 saturated heterocycles. The first-order chi connectivity index (χ1) is 8.18. The van der Waals surface area contributed by atoms with Crippen molar-refractivity contribution < 1.29 is 0 Å². The lowest BCUT2D eigenvalue weighted by atomic mass is 9.76. The van der Waals surface area contributed by atoms with Crippen LogP contribution in [0.5, 0.6) is 0 Å². The lowest BCUT2D eigenvalue weighted by molar-refractivity contribution is 0.224. The molecule has 0 rings (SSSR count). The van der Waals surface area contributed by atoms with E-state index in [0.29, 0.717) is 5.41 Å². The molecule has 0 aliphatic rings. The van der Waals surface area contributed by atoms with E-state index >= 15 is 0 Å². The van der Waals surface area contributed by atoms with E-state index < -0.39 is 0 Å². The SMILES string of the molecule is CCCCCC(C)(CCCCC)CCCCC. The zero-order chi connectivity index (χ0) is 13.0. The molecule has 17 heavy (non-hydrogen) atoms. The summed E-state index contributed by atoms with van der Waals surface area (Å²) in [5.41, 5.74) is 0.652. The minimum Gasteiger partial charge on any atom is -0.0654 e. The highest BCUT2D eigenvalue weighted by Crippen LogP contribution is 2.36. The van der Waals surface area contributed by atoms with Crippen LogP contribution in [-0.2, 0) is 0 Å². The van der Waals surface area contributed by atoms with Gasteiger partial charge in [-0.3, -0.25) is 0 Å². The van der Waals surface area contributed by atoms with Gasteiger partial charge in [0.25, 0.3) is 0 Å². The van der Waals surface area contributed by atoms with Gasteiger partial charge in [0.15, 0.2) is 0 Å². The van der Waals surface area contributed by atoms with Crippen LogP contribution in [0, 0.1) is 5.41 Å². The van der Waals surface area contributed by atoms with Crippen molar-refractivity contribution >= 4 is 0 Å². The van der Waals surface area contributed by atoms with Crippen LogP contribution >= 0.6 is 0 Å². The van der Waals surface area contributed by atoms with Crippen LogP contribution in [0.4, 0.5) is 0 Å². The Labute approximate surface area is 111 Å². The number of unbranched alkanes of at least 4 members (excludes halogenated alkanes) is 6. The van der Waals surface area contributed by atoms with Crippen molar-refractivity contribution in [1.82, 2.24) is 0 Å². The smallest absolute Gasteiger partial charge is 0.0326 e. The topological polar surface area (TPSA) is 0 Å². The quantitative estimate of drug-likeness (QED) is 0.332. The molecule has 104 valence electrons. The van der Waals surface area contributed by atoms with E-state index in [1.807, 2.05) is 0 Å². The Balaban J connectivity index is 3.95. The molecule has 0 atom stereocenters. The van der Waals surface area contributed by atoms with Crippen molar-refractivity contribution in [2.24, 2.45) is 5.41 Å². The molecule has 0 aromatic heterocycles. The predicted octanol–water partition coefficient (Wildman–Crippen LogP) is 6.73. The highest BCUT2D eigenvalue weighted by atomic mass is 14.3. The fourth-order valence-electron chi connectivity index (χ4n) is 2.78. The molecule has 0 N–H and O–H groups in total. The fraction of sp³-hybridized carbons (Fsp3) is 1.00. The summed E-state index contributed by atoms with van der Waals surface area (Å²) in [4.78, 5) is 0. The summed E-state index contributed by atoms with van der Waals surface area (Å²) in [5.74, 6) is 0. The highest BCUT2D eigenvalue weighted by molar-refractivity contribution is 4.74. The lowest BCUT2D eigenvalue weighted by Gasteiger charge is -2.30. The maximum Gasteiger partial charge on any atom is -0.0326 e. The number of rotatable bonds is 12. The van der Waals surface area contributed by atoms with Crippen LogP contribution in [0.25, 0.3) is 0 Å². The van der Waals surface area contributed by atoms with Gasteiger partial charge >= 0.3 is 0 Å². The van der Waals surface area contributed by atoms with Gasteiger partial charge in [0.2, 0.25) is 0 Å². The second kappa shape index (κ2) is 11.1. The van der Waals surface area contributed by atoms with Crippen LogP contribution in [0.3, 0.4) is 0 Å². The molecule has 0 fully saturated rings. The van der Waals surface area contributed by atoms with E-state index in [1.54, 1.807) is 0 Å². The van der Waals surface area contributed by atoms with Crippen LogP contribution in [0.15, 0.2) is 0 Å². The number of hydrogen-bond acceptors (Lipinski definition) is 0. The second-order valence-corrected chi connectivity index (χ2v) is 6.18. The summed E-state index contributed by atoms with van der Waals surface area (Å²) in [6, 6.07) is 0. The number of hydrogen-bond donors (Lipinski definition) is 0. The van der Waals surface area contributed by atoms with Gasteiger partial charge in [-0.2, -0.15) is 0 Å². The van der Waals surface area contributed by atoms with Gasteiger partial charge in [-0.15, -0.1) is 0 Å². The van der Waals surface area contributed by atoms with Gasteiger partial charge in [-0.05, 0) is 24.7 Å². The fourth-order valence-corrected chi connectivity index (χ4v) is 2.78. The van der Waals surface area contributed by atoms with Gasteiger partial charge in [0, 0.05) is 0 Å². The van der Waals surface area contributed by atoms with Crippen molar-refractivity contribution in [1.29, 1.82) is 0 Å². The summed E-state index contributed by atoms with van der Waals surface area (Å²) >= 11 is 0. The first kappa shape index (κ1) is 17.0. The average molecular weight is 240 g/mol. The zero-order valence-corrected chi connectivity index (χ0v) is 13.0. The third-order valence-corrected chi connectivity index (χ3v) is 4.15. The van der Waals surface area contributed by atoms with E-state index in [1.165, 1.54) is 77.0 Å². The van der Waals surface area contributed by atoms with Crippen LogP contribution < -0.4 is 0 Å². The molecule has 0 aromatic rings. The lowest BCUT2D eigenvalue weighted by Crippen LogP contribution is -2.16. The second-order valence-electron chi connectivity index (χ2n) is 6.18. The molecule has 0 heterocycles. The monoisotopic (exact) mass is 240 g/mol. The van der Waals surface area contributed by atoms with E-state index in [0.717, 1.165) is 0 Å². The highest BCUT2D eigenvalue weighted by Gasteiger charge is 2.22. The minimum atomic E-state index is 0.652. The van der Waals surface area contributed by atoms with E-state index in [2.05, 4.69) is 27.7 Å². The normalized spacial score (nSPS) is 12.0. The summed E-state index contributed by atoms with van der Waals surface area (Å²) in [6.45, 7) is 9.48. The molecular formula is C17H36. The Kier molecular flexibility index (Phi) is 11.1. The molecule has 0 aliphatic carbocycles. The van der Waals surface area contributed by atoms with Gasteiger partial charge in [-0.25, -0.2) is 0 Å². The predicted molar refractivity (Wildman–Crippen MR) is 80.5 cm³/mol. The Morgan fingerprint density at radius 2 is 0.824 bits per heavy atom. The molecule has 0 aliphatic heterocycles. The maximum absolute atomic E-state index is 2.55. The molecule has 0 amide bonds. The minimum absolute atomic E-state index is 0.652. The first-order valence-electron chi connectivity index (χ1n) is 8.18. The Hall–Kier alpha value is 0. The Bertz CT molecular complexity index is 122. The Morgan fingerprint density at radius 1 is 0.529 bits per heavy atom. The third-order valence-electron chi connectivity index (χ3n) is 4.15. The van der Waals surface area contributed by atoms with Crippen LogP contribution in [0.2, 0.25) is 0 Å². The first-order valence-corrected chi connectivity index (χ1v) is 8.18. The standard InChI is InChI=1S/C17H36/c1-5-8-11-14-17(4,15-12-9-6-2)16-13-10-7-3/h5-16H2,1-4H3. The zero-order valence-electron chi connectivity index (χ0n) is 13.0. The summed E-state index contributed by atoms with van der Waals surface area (Å²) in [6.07, 6.45) is 17.1. The third kappa shape index (κ3) is 9.68. The maximum atomic E-state index is 2.55. The molecule has 0 bridgehead atoms. The van der Waals surface area contributed by atoms with Crippen molar-refractivity contribution in [3.05, 3.63) is 0 Å². The van der Waals surface area contributed by atoms with Crippen molar-refractivity contribution in [3.8, 4) is 0 Å². The van der Waals surface area contributed by atoms with E-state index in [9.17, 15) is 0 Å². The molecule has 0 saturated carbocycles. The van der Waals surface area contributed by atoms with Crippen LogP contribution in [0.1, 0.15) is 105 Å². The average Bonchev–Trinajstić information content (AvgIpc) is 2.30. The van der Waals surface area contributed by atoms with Gasteiger partial charge < -0.3 is 0 Å². The van der Waals surface area contributed by atoms with E-state index in [-0.39, 0.29) is 0 Å². The molecular weight excluding hydrogens is 204 g/mol. The van der Waals surface area contributed by atoms with Crippen molar-refractivity contribution in [2.75, 3.05) is 0 Å². The molecule has 0 nitrogen and oxygen atoms in total. The van der Waals surface area contributed by atoms with Gasteiger partial charge in [0.1, 0.15) is 0 Å². The summed E-state index contributed by atoms with van der Waals surface area (Å²) in [7, 11) is 0. The molecule has 0 unspecified atom stereocenters. The van der Waals surface area contributed by atoms with Crippen molar-refractivity contribution in [3.63, 3.8) is 0 Å². The summed E-state index contributed by atoms with van der Waals surface area (Å²) in [5, 5.41) is 0. The summed E-state index contributed by atoms with van der Waals surface area (Å²) < 4.78 is 0. The van der Waals surface area contributed by atoms with E-state index in [4.69, 9.17) is 0 Å². The Morgan fingerprint density at radius 3 is 1.06 bits per heavy atom. The van der Waals surface area contributed by atoms with Gasteiger partial charge in [0.05, 0.1) is 0 Å². The molecule has 0 heteroatoms. The molecule has 0 aromatic carbocycles. The van der Waals surface area contributed by atoms with Gasteiger partial charge in [-0.1, -0.05) is 85.5 Å². The van der Waals surface area contributed by atoms with Crippen LogP contribution in [-0.4, -0.2) is 0 Å². The largest absolute Gasteiger partial charge is 0.0654 e.